The van der Waals surface area contributed by atoms with Gasteiger partial charge in [0.05, 0.1) is 12.3 Å². The van der Waals surface area contributed by atoms with Crippen LogP contribution in [-0.4, -0.2) is 310 Å². The molecule has 18 nitrogen and oxygen atoms in total. The number of sulfonamides is 1. The third-order valence-electron chi connectivity index (χ3n) is 18.3. The van der Waals surface area contributed by atoms with Crippen LogP contribution in [0.5, 0.6) is 0 Å². The molecule has 656 valence electrons. The normalized spacial score (nSPS) is 21.7. The molecule has 1 spiro atoms. The van der Waals surface area contributed by atoms with E-state index in [1.54, 1.807) is 21.7 Å². The second kappa shape index (κ2) is 94.3. The lowest BCUT2D eigenvalue weighted by Crippen LogP contribution is -2.44. The average Bonchev–Trinajstić information content (AvgIpc) is 1.63. The Morgan fingerprint density at radius 2 is 0.561 bits per heavy atom. The number of ketones is 1. The number of nitrogens with zero attached hydrogens (tertiary/aromatic N) is 12. The number of hydrogen-bond acceptors (Lipinski definition) is 14. The lowest BCUT2D eigenvalue weighted by molar-refractivity contribution is -0.131. The van der Waals surface area contributed by atoms with E-state index in [4.69, 9.17) is 0 Å². The minimum absolute atomic E-state index is 0. The molecule has 15 aliphatic rings. The highest BCUT2D eigenvalue weighted by Gasteiger charge is 2.46. The number of fused-ring (bicyclic) bond motifs is 1. The van der Waals surface area contributed by atoms with Crippen molar-refractivity contribution in [1.82, 2.24) is 58.2 Å². The molecule has 2 aliphatic carbocycles. The number of carbonyl (C=O) groups excluding carboxylic acids is 4. The van der Waals surface area contributed by atoms with Gasteiger partial charge in [0.2, 0.25) is 27.7 Å². The fraction of sp³-hybridized carbons (Fsp3) is 0.955. The third-order valence-corrected chi connectivity index (χ3v) is 20.3. The lowest BCUT2D eigenvalue weighted by atomic mass is 10.1. The number of hydrogen-bond donors (Lipinski definition) is 0. The largest absolute Gasteiger partial charge is 0.346 e. The molecule has 13 saturated heterocycles. The molecule has 2 unspecified atom stereocenters. The van der Waals surface area contributed by atoms with Crippen molar-refractivity contribution in [3.8, 4) is 0 Å². The van der Waals surface area contributed by atoms with Crippen LogP contribution in [0.3, 0.4) is 0 Å². The maximum Gasteiger partial charge on any atom is 0.222 e. The van der Waals surface area contributed by atoms with Gasteiger partial charge >= 0.3 is 0 Å². The van der Waals surface area contributed by atoms with Crippen molar-refractivity contribution < 1.29 is 27.6 Å². The monoisotopic (exact) mass is 1560 g/mol. The summed E-state index contributed by atoms with van der Waals surface area (Å²) in [7, 11) is 21.6. The first-order valence-corrected chi connectivity index (χ1v) is 46.3. The predicted octanol–water partition coefficient (Wildman–Crippen LogP) is 19.1. The van der Waals surface area contributed by atoms with E-state index in [2.05, 4.69) is 88.5 Å². The smallest absolute Gasteiger partial charge is 0.222 e. The van der Waals surface area contributed by atoms with Crippen LogP contribution < -0.4 is 0 Å². The molecule has 13 aliphatic heterocycles. The van der Waals surface area contributed by atoms with Gasteiger partial charge in [-0.3, -0.25) is 24.1 Å². The number of likely N-dealkylation sites (tertiary alicyclic amines) is 9. The minimum Gasteiger partial charge on any atom is -0.346 e. The van der Waals surface area contributed by atoms with Gasteiger partial charge in [-0.1, -0.05) is 180 Å². The van der Waals surface area contributed by atoms with Crippen molar-refractivity contribution in [3.05, 3.63) is 0 Å². The zero-order valence-electron chi connectivity index (χ0n) is 79.0. The molecule has 3 amide bonds. The van der Waals surface area contributed by atoms with Crippen molar-refractivity contribution in [3.63, 3.8) is 0 Å². The molecule has 0 aromatic heterocycles. The van der Waals surface area contributed by atoms with Crippen LogP contribution in [0.1, 0.15) is 334 Å². The second-order valence-electron chi connectivity index (χ2n) is 26.5. The van der Waals surface area contributed by atoms with Gasteiger partial charge in [-0.05, 0) is 256 Å². The summed E-state index contributed by atoms with van der Waals surface area (Å²) in [5, 5.41) is 0. The number of rotatable bonds is 0. The van der Waals surface area contributed by atoms with E-state index in [0.29, 0.717) is 42.3 Å². The van der Waals surface area contributed by atoms with Crippen LogP contribution in [-0.2, 0) is 29.2 Å². The average molecular weight is 1560 g/mol. The van der Waals surface area contributed by atoms with Crippen LogP contribution in [0, 0.1) is 5.41 Å². The molecule has 13 heterocycles. The van der Waals surface area contributed by atoms with Crippen molar-refractivity contribution in [2.45, 2.75) is 346 Å². The van der Waals surface area contributed by atoms with Crippen LogP contribution in [0.4, 0.5) is 0 Å². The fourth-order valence-electron chi connectivity index (χ4n) is 11.6. The standard InChI is InChI=1S/C7H13N.2C6H11NO.C6H11N.C6H13N.2C5H9NO.3C5H11N.C4H9NO2S.C3H7N.12C2H6.CH4/c1-8-5-4-7(6-8)2-3-7;1-7-4-2-3-6(8)5-7;1-7-5-3-2-4-6(7)8;1-7-5-2-3-6(7)4-5;1-7-5-3-2-4-6-7;2*1-6-4-2-3-5(6)7;3*1-6-4-2-3-5-6;1-5-3-2-4-8(5,6)7;1-4-2-3-4;12*1-2;/h2-6H2,1H3;2*2-5H2,1H3;5-6H,2-4H2,1H3;2-6H2,1H3;2*2-4H2,1H3;3*2-5H2,1H3;2-4H2,1H3;2-3H2,1H3;12*1-2H3;1H4. The van der Waals surface area contributed by atoms with E-state index in [9.17, 15) is 27.6 Å². The van der Waals surface area contributed by atoms with Crippen LogP contribution in [0.2, 0.25) is 0 Å². The first-order valence-electron chi connectivity index (χ1n) is 44.7. The van der Waals surface area contributed by atoms with Crippen LogP contribution in [0.25, 0.3) is 0 Å². The van der Waals surface area contributed by atoms with Crippen molar-refractivity contribution >= 4 is 33.5 Å². The summed E-state index contributed by atoms with van der Waals surface area (Å²) < 4.78 is 22.8. The Hall–Kier alpha value is -2.33. The Bertz CT molecular complexity index is 1790. The maximum absolute atomic E-state index is 10.7. The molecule has 0 radical (unpaired) electrons. The Morgan fingerprint density at radius 1 is 0.290 bits per heavy atom. The van der Waals surface area contributed by atoms with Gasteiger partial charge in [-0.2, -0.15) is 0 Å². The fourth-order valence-corrected chi connectivity index (χ4v) is 12.8. The van der Waals surface area contributed by atoms with Gasteiger partial charge < -0.3 is 49.0 Å². The van der Waals surface area contributed by atoms with E-state index in [1.807, 2.05) is 194 Å². The summed E-state index contributed by atoms with van der Waals surface area (Å²) in [6, 6.07) is 1.98. The molecular formula is C88H202N12O6S. The summed E-state index contributed by atoms with van der Waals surface area (Å²) in [5.74, 6) is 1.61. The zero-order chi connectivity index (χ0) is 84.5. The number of amides is 3. The Labute approximate surface area is 675 Å². The molecule has 2 saturated carbocycles. The van der Waals surface area contributed by atoms with Gasteiger partial charge in [0.1, 0.15) is 5.78 Å². The summed E-state index contributed by atoms with van der Waals surface area (Å²) in [5.41, 5.74) is 0.842. The van der Waals surface area contributed by atoms with E-state index >= 15 is 0 Å². The molecule has 0 aromatic rings. The minimum atomic E-state index is -2.79. The zero-order valence-corrected chi connectivity index (χ0v) is 79.8. The highest BCUT2D eigenvalue weighted by molar-refractivity contribution is 7.89. The summed E-state index contributed by atoms with van der Waals surface area (Å²) in [6.07, 6.45) is 31.0. The molecule has 107 heavy (non-hydrogen) atoms. The van der Waals surface area contributed by atoms with Gasteiger partial charge in [-0.25, -0.2) is 12.7 Å². The van der Waals surface area contributed by atoms with E-state index in [-0.39, 0.29) is 7.43 Å². The molecule has 19 heteroatoms. The quantitative estimate of drug-likeness (QED) is 0.212. The van der Waals surface area contributed by atoms with Gasteiger partial charge in [0, 0.05) is 112 Å². The number of piperidine rings is 3. The second-order valence-corrected chi connectivity index (χ2v) is 28.6. The molecular weight excluding hydrogens is 1350 g/mol. The Morgan fingerprint density at radius 3 is 0.682 bits per heavy atom. The maximum atomic E-state index is 10.7. The summed E-state index contributed by atoms with van der Waals surface area (Å²) in [4.78, 5) is 66.4. The first-order chi connectivity index (χ1) is 51.0. The van der Waals surface area contributed by atoms with Crippen molar-refractivity contribution in [2.75, 3.05) is 208 Å². The predicted molar refractivity (Wildman–Crippen MR) is 483 cm³/mol. The Kier molecular flexibility index (Phi) is 113. The van der Waals surface area contributed by atoms with Gasteiger partial charge in [0.25, 0.3) is 0 Å². The number of likely N-dealkylation sites (N-methyl/N-ethyl adjacent to an activating group) is 2. The SMILES string of the molecule is C.CC.CC.CC.CC.CC.CC.CC.CC.CC.CC.CC.CC.CN1C2CCC1C2.CN1CC1.CN1CCC2(CC2)C1.CN1CCCC(=O)C1.CN1CCCC1.CN1CCCC1.CN1CCCC1.CN1CCCC1=O.CN1CCCC1=O.CN1CCCCC1.CN1CCCCC1=O.CN1CCCS1(=O)=O. The molecule has 15 rings (SSSR count). The molecule has 0 N–H and O–H groups in total. The highest BCUT2D eigenvalue weighted by Crippen LogP contribution is 2.52. The lowest BCUT2D eigenvalue weighted by Gasteiger charge is -2.36. The van der Waals surface area contributed by atoms with E-state index < -0.39 is 10.0 Å². The van der Waals surface area contributed by atoms with Crippen LogP contribution >= 0.6 is 0 Å². The molecule has 2 bridgehead atoms. The molecule has 2 atom stereocenters. The van der Waals surface area contributed by atoms with Crippen LogP contribution in [0.15, 0.2) is 0 Å². The van der Waals surface area contributed by atoms with E-state index in [0.717, 1.165) is 101 Å². The van der Waals surface area contributed by atoms with Crippen molar-refractivity contribution in [1.29, 1.82) is 0 Å². The number of Topliss-reactive ketones (excluding diaryl/α,β-unsaturated/α-hetero) is 1. The van der Waals surface area contributed by atoms with Gasteiger partial charge in [-0.15, -0.1) is 0 Å². The Balaban J connectivity index is -0.000000102. The van der Waals surface area contributed by atoms with E-state index in [1.165, 1.54) is 186 Å². The third kappa shape index (κ3) is 78.7. The highest BCUT2D eigenvalue weighted by atomic mass is 32.2. The molecule has 15 fully saturated rings. The van der Waals surface area contributed by atoms with Gasteiger partial charge in [0.15, 0.2) is 0 Å². The summed E-state index contributed by atoms with van der Waals surface area (Å²) in [6.45, 7) is 69.2. The topological polar surface area (TPSA) is 141 Å². The number of carbonyl (C=O) groups is 4. The summed E-state index contributed by atoms with van der Waals surface area (Å²) >= 11 is 0. The van der Waals surface area contributed by atoms with Crippen molar-refractivity contribution in [2.24, 2.45) is 5.41 Å². The first kappa shape index (κ1) is 128. The molecule has 0 aromatic carbocycles.